The third-order valence-corrected chi connectivity index (χ3v) is 2.78. The van der Waals surface area contributed by atoms with Crippen molar-refractivity contribution in [1.29, 1.82) is 0 Å². The molecule has 0 radical (unpaired) electrons. The molecule has 0 aliphatic carbocycles. The van der Waals surface area contributed by atoms with Gasteiger partial charge in [-0.15, -0.1) is 0 Å². The van der Waals surface area contributed by atoms with E-state index in [-0.39, 0.29) is 18.1 Å². The van der Waals surface area contributed by atoms with Gasteiger partial charge >= 0.3 is 0 Å². The summed E-state index contributed by atoms with van der Waals surface area (Å²) in [7, 11) is 3.54. The summed E-state index contributed by atoms with van der Waals surface area (Å²) < 4.78 is 5.21. The topological polar surface area (TPSA) is 55.6 Å². The summed E-state index contributed by atoms with van der Waals surface area (Å²) in [6.45, 7) is 4.77. The van der Waals surface area contributed by atoms with E-state index in [1.807, 2.05) is 7.05 Å². The summed E-state index contributed by atoms with van der Waals surface area (Å²) in [6.07, 6.45) is 0. The van der Waals surface area contributed by atoms with Crippen LogP contribution in [0.2, 0.25) is 0 Å². The van der Waals surface area contributed by atoms with Crippen LogP contribution in [0.25, 0.3) is 0 Å². The molecule has 5 nitrogen and oxygen atoms in total. The van der Waals surface area contributed by atoms with Crippen LogP contribution in [0.3, 0.4) is 0 Å². The largest absolute Gasteiger partial charge is 1.00 e. The summed E-state index contributed by atoms with van der Waals surface area (Å²) in [5.41, 5.74) is 0.927. The van der Waals surface area contributed by atoms with Gasteiger partial charge in [0.1, 0.15) is 5.75 Å². The van der Waals surface area contributed by atoms with Crippen molar-refractivity contribution in [3.8, 4) is 5.75 Å². The van der Waals surface area contributed by atoms with Crippen molar-refractivity contribution < 1.29 is 22.1 Å². The lowest BCUT2D eigenvalue weighted by Crippen LogP contribution is -3.00. The molecule has 0 saturated heterocycles. The van der Waals surface area contributed by atoms with Gasteiger partial charge in [-0.05, 0) is 27.0 Å². The molecule has 1 aromatic rings. The van der Waals surface area contributed by atoms with Gasteiger partial charge in [0, 0.05) is 30.3 Å². The van der Waals surface area contributed by atoms with Crippen LogP contribution in [0.15, 0.2) is 18.2 Å². The standard InChI is InChI=1S/C12H18N2O3.ClH/c1-9(2)13(3)8-10-7-11(14(15)16)5-6-12(10)17-4;/h5-7,9H,8H2,1-4H3;1H/p-1. The number of nitro benzene ring substituents is 1. The van der Waals surface area contributed by atoms with Gasteiger partial charge in [0.05, 0.1) is 12.0 Å². The van der Waals surface area contributed by atoms with Crippen molar-refractivity contribution in [3.05, 3.63) is 33.9 Å². The van der Waals surface area contributed by atoms with Gasteiger partial charge in [0.25, 0.3) is 5.69 Å². The zero-order valence-electron chi connectivity index (χ0n) is 11.0. The molecular formula is C12H18ClN2O3-. The number of halogens is 1. The molecule has 0 aliphatic heterocycles. The van der Waals surface area contributed by atoms with Crippen molar-refractivity contribution in [3.63, 3.8) is 0 Å². The van der Waals surface area contributed by atoms with Crippen LogP contribution in [0, 0.1) is 10.1 Å². The molecule has 18 heavy (non-hydrogen) atoms. The van der Waals surface area contributed by atoms with Crippen LogP contribution in [0.4, 0.5) is 5.69 Å². The Hall–Kier alpha value is -1.33. The number of ether oxygens (including phenoxy) is 1. The normalized spacial score (nSPS) is 10.3. The highest BCUT2D eigenvalue weighted by Gasteiger charge is 2.13. The Morgan fingerprint density at radius 1 is 1.44 bits per heavy atom. The molecule has 0 N–H and O–H groups in total. The number of nitrogens with zero attached hydrogens (tertiary/aromatic N) is 2. The van der Waals surface area contributed by atoms with Crippen molar-refractivity contribution in [1.82, 2.24) is 4.90 Å². The van der Waals surface area contributed by atoms with Crippen molar-refractivity contribution in [2.24, 2.45) is 0 Å². The predicted octanol–water partition coefficient (Wildman–Crippen LogP) is -0.552. The average Bonchev–Trinajstić information content (AvgIpc) is 2.28. The van der Waals surface area contributed by atoms with Crippen LogP contribution in [-0.4, -0.2) is 30.0 Å². The van der Waals surface area contributed by atoms with Crippen LogP contribution in [0.5, 0.6) is 5.75 Å². The Morgan fingerprint density at radius 2 is 2.06 bits per heavy atom. The van der Waals surface area contributed by atoms with Gasteiger partial charge in [-0.25, -0.2) is 0 Å². The molecule has 0 atom stereocenters. The molecule has 0 fully saturated rings. The van der Waals surface area contributed by atoms with Crippen LogP contribution < -0.4 is 17.1 Å². The van der Waals surface area contributed by atoms with E-state index in [4.69, 9.17) is 4.74 Å². The van der Waals surface area contributed by atoms with Crippen molar-refractivity contribution in [2.75, 3.05) is 14.2 Å². The van der Waals surface area contributed by atoms with Gasteiger partial charge in [-0.2, -0.15) is 0 Å². The summed E-state index contributed by atoms with van der Waals surface area (Å²) in [6, 6.07) is 5.04. The lowest BCUT2D eigenvalue weighted by molar-refractivity contribution is -0.385. The first-order chi connectivity index (χ1) is 7.95. The molecule has 102 valence electrons. The lowest BCUT2D eigenvalue weighted by atomic mass is 10.1. The maximum atomic E-state index is 10.7. The minimum Gasteiger partial charge on any atom is -1.00 e. The Balaban J connectivity index is 0.00000289. The van der Waals surface area contributed by atoms with Gasteiger partial charge in [0.15, 0.2) is 0 Å². The number of hydrogen-bond donors (Lipinski definition) is 0. The maximum Gasteiger partial charge on any atom is 0.270 e. The second-order valence-electron chi connectivity index (χ2n) is 4.26. The third-order valence-electron chi connectivity index (χ3n) is 2.78. The minimum atomic E-state index is -0.391. The van der Waals surface area contributed by atoms with E-state index in [1.54, 1.807) is 19.2 Å². The number of rotatable bonds is 5. The van der Waals surface area contributed by atoms with E-state index >= 15 is 0 Å². The molecule has 0 bridgehead atoms. The Kier molecular flexibility index (Phi) is 6.65. The molecule has 0 aromatic heterocycles. The monoisotopic (exact) mass is 273 g/mol. The van der Waals surface area contributed by atoms with E-state index in [2.05, 4.69) is 18.7 Å². The Labute approximate surface area is 113 Å². The van der Waals surface area contributed by atoms with Crippen molar-refractivity contribution >= 4 is 5.69 Å². The molecule has 0 saturated carbocycles. The number of benzene rings is 1. The number of nitro groups is 1. The number of methoxy groups -OCH3 is 1. The first-order valence-corrected chi connectivity index (χ1v) is 5.47. The highest BCUT2D eigenvalue weighted by molar-refractivity contribution is 5.43. The van der Waals surface area contributed by atoms with Gasteiger partial charge in [-0.1, -0.05) is 0 Å². The first-order valence-electron chi connectivity index (χ1n) is 5.47. The minimum absolute atomic E-state index is 0. The second-order valence-corrected chi connectivity index (χ2v) is 4.26. The maximum absolute atomic E-state index is 10.7. The lowest BCUT2D eigenvalue weighted by Gasteiger charge is -2.21. The molecule has 6 heteroatoms. The average molecular weight is 274 g/mol. The third kappa shape index (κ3) is 4.16. The molecule has 0 spiro atoms. The van der Waals surface area contributed by atoms with E-state index in [0.717, 1.165) is 5.56 Å². The molecule has 0 amide bonds. The Morgan fingerprint density at radius 3 is 2.50 bits per heavy atom. The highest BCUT2D eigenvalue weighted by Crippen LogP contribution is 2.25. The fourth-order valence-corrected chi connectivity index (χ4v) is 1.45. The molecular weight excluding hydrogens is 256 g/mol. The van der Waals surface area contributed by atoms with E-state index in [9.17, 15) is 10.1 Å². The second kappa shape index (κ2) is 7.18. The predicted molar refractivity (Wildman–Crippen MR) is 66.3 cm³/mol. The smallest absolute Gasteiger partial charge is 0.270 e. The van der Waals surface area contributed by atoms with Crippen LogP contribution in [-0.2, 0) is 6.54 Å². The summed E-state index contributed by atoms with van der Waals surface area (Å²) >= 11 is 0. The van der Waals surface area contributed by atoms with E-state index < -0.39 is 4.92 Å². The van der Waals surface area contributed by atoms with Crippen LogP contribution in [0.1, 0.15) is 19.4 Å². The quantitative estimate of drug-likeness (QED) is 0.534. The molecule has 1 rings (SSSR count). The fourth-order valence-electron chi connectivity index (χ4n) is 1.45. The summed E-state index contributed by atoms with van der Waals surface area (Å²) in [5, 5.41) is 10.7. The highest BCUT2D eigenvalue weighted by atomic mass is 35.5. The van der Waals surface area contributed by atoms with Crippen molar-refractivity contribution in [2.45, 2.75) is 26.4 Å². The molecule has 1 aromatic carbocycles. The van der Waals surface area contributed by atoms with Gasteiger partial charge < -0.3 is 17.1 Å². The number of non-ortho nitro benzene ring substituents is 1. The van der Waals surface area contributed by atoms with Gasteiger partial charge in [-0.3, -0.25) is 15.0 Å². The summed E-state index contributed by atoms with van der Waals surface area (Å²) in [4.78, 5) is 12.4. The molecule has 0 aliphatic rings. The summed E-state index contributed by atoms with van der Waals surface area (Å²) in [5.74, 6) is 0.683. The number of hydrogen-bond acceptors (Lipinski definition) is 4. The van der Waals surface area contributed by atoms with Crippen LogP contribution >= 0.6 is 0 Å². The first kappa shape index (κ1) is 16.7. The SMILES string of the molecule is COc1ccc([N+](=O)[O-])cc1CN(C)C(C)C.[Cl-]. The van der Waals surface area contributed by atoms with E-state index in [1.165, 1.54) is 6.07 Å². The van der Waals surface area contributed by atoms with Gasteiger partial charge in [0.2, 0.25) is 0 Å². The zero-order chi connectivity index (χ0) is 13.0. The molecule has 0 heterocycles. The zero-order valence-corrected chi connectivity index (χ0v) is 11.8. The fraction of sp³-hybridized carbons (Fsp3) is 0.500. The van der Waals surface area contributed by atoms with E-state index in [0.29, 0.717) is 18.3 Å². The Bertz CT molecular complexity index is 410. The molecule has 0 unspecified atom stereocenters.